The van der Waals surface area contributed by atoms with Crippen LogP contribution in [0.15, 0.2) is 47.6 Å². The molecule has 2 aliphatic rings. The second kappa shape index (κ2) is 11.1. The first-order chi connectivity index (χ1) is 18.0. The minimum atomic E-state index is -4.65. The number of carboxylic acid groups (broad SMARTS) is 1. The number of rotatable bonds is 8. The number of hydrogen-bond acceptors (Lipinski definition) is 6. The number of benzene rings is 2. The molecule has 1 N–H and O–H groups in total. The molecule has 0 aromatic heterocycles. The Morgan fingerprint density at radius 3 is 2.42 bits per heavy atom. The minimum Gasteiger partial charge on any atom is -0.494 e. The fraction of sp³-hybridized carbons (Fsp3) is 0.481. The van der Waals surface area contributed by atoms with Gasteiger partial charge < -0.3 is 19.5 Å². The Bertz CT molecular complexity index is 1170. The first kappa shape index (κ1) is 27.5. The molecule has 4 atom stereocenters. The van der Waals surface area contributed by atoms with Crippen molar-refractivity contribution in [3.8, 4) is 11.5 Å². The number of alkyl halides is 3. The van der Waals surface area contributed by atoms with Crippen molar-refractivity contribution in [3.05, 3.63) is 48.3 Å². The van der Waals surface area contributed by atoms with Gasteiger partial charge in [-0.2, -0.15) is 18.3 Å². The zero-order chi connectivity index (χ0) is 27.6. The maximum Gasteiger partial charge on any atom is 0.431 e. The fourth-order valence-electron chi connectivity index (χ4n) is 5.04. The van der Waals surface area contributed by atoms with Gasteiger partial charge in [0.1, 0.15) is 29.1 Å². The van der Waals surface area contributed by atoms with Crippen LogP contribution in [-0.2, 0) is 4.79 Å². The summed E-state index contributed by atoms with van der Waals surface area (Å²) in [6.45, 7) is 6.87. The number of hydrazone groups is 1. The van der Waals surface area contributed by atoms with Crippen LogP contribution in [0.25, 0.3) is 0 Å². The molecule has 1 fully saturated rings. The van der Waals surface area contributed by atoms with Crippen molar-refractivity contribution in [1.82, 2.24) is 0 Å². The van der Waals surface area contributed by atoms with Gasteiger partial charge in [0.25, 0.3) is 0 Å². The van der Waals surface area contributed by atoms with E-state index < -0.39 is 36.2 Å². The van der Waals surface area contributed by atoms with Crippen LogP contribution in [-0.4, -0.2) is 54.8 Å². The van der Waals surface area contributed by atoms with Gasteiger partial charge in [-0.1, -0.05) is 13.8 Å². The topological polar surface area (TPSA) is 74.6 Å². The number of carbonyl (C=O) groups is 1. The molecule has 2 heterocycles. The third-order valence-electron chi connectivity index (χ3n) is 7.00. The fourth-order valence-corrected chi connectivity index (χ4v) is 5.04. The molecule has 2 aliphatic heterocycles. The van der Waals surface area contributed by atoms with E-state index in [-0.39, 0.29) is 17.8 Å². The third-order valence-corrected chi connectivity index (χ3v) is 7.00. The van der Waals surface area contributed by atoms with E-state index in [1.807, 2.05) is 18.7 Å². The summed E-state index contributed by atoms with van der Waals surface area (Å²) in [6, 6.07) is 10.2. The highest BCUT2D eigenvalue weighted by Crippen LogP contribution is 2.37. The van der Waals surface area contributed by atoms with Crippen molar-refractivity contribution in [2.24, 2.45) is 16.9 Å². The summed E-state index contributed by atoms with van der Waals surface area (Å²) in [5.41, 5.74) is -0.157. The number of carboxylic acids is 1. The molecular weight excluding hydrogens is 506 g/mol. The highest BCUT2D eigenvalue weighted by atomic mass is 19.4. The molecule has 2 aromatic carbocycles. The third kappa shape index (κ3) is 5.97. The second-order valence-electron chi connectivity index (χ2n) is 9.69. The van der Waals surface area contributed by atoms with Crippen LogP contribution in [0.2, 0.25) is 0 Å². The lowest BCUT2D eigenvalue weighted by Gasteiger charge is -2.38. The van der Waals surface area contributed by atoms with Crippen LogP contribution in [0.3, 0.4) is 0 Å². The Balaban J connectivity index is 1.43. The van der Waals surface area contributed by atoms with Gasteiger partial charge in [-0.05, 0) is 43.3 Å². The predicted octanol–water partition coefficient (Wildman–Crippen LogP) is 5.74. The zero-order valence-corrected chi connectivity index (χ0v) is 21.4. The number of piperidine rings is 1. The van der Waals surface area contributed by atoms with Gasteiger partial charge in [-0.25, -0.2) is 4.39 Å². The first-order valence-corrected chi connectivity index (χ1v) is 12.6. The lowest BCUT2D eigenvalue weighted by Crippen LogP contribution is -2.44. The molecule has 0 aliphatic carbocycles. The number of ether oxygens (including phenoxy) is 2. The number of nitrogens with zero attached hydrogens (tertiary/aromatic N) is 3. The summed E-state index contributed by atoms with van der Waals surface area (Å²) in [5.74, 6) is -1.39. The molecule has 206 valence electrons. The lowest BCUT2D eigenvalue weighted by atomic mass is 9.94. The molecule has 0 unspecified atom stereocenters. The molecular formula is C27H31F4N3O4. The minimum absolute atomic E-state index is 0.0666. The van der Waals surface area contributed by atoms with Crippen molar-refractivity contribution >= 4 is 23.1 Å². The van der Waals surface area contributed by atoms with E-state index in [0.717, 1.165) is 5.01 Å². The van der Waals surface area contributed by atoms with E-state index in [4.69, 9.17) is 9.47 Å². The molecule has 0 radical (unpaired) electrons. The van der Waals surface area contributed by atoms with Crippen LogP contribution in [0, 0.1) is 17.7 Å². The first-order valence-electron chi connectivity index (χ1n) is 12.6. The highest BCUT2D eigenvalue weighted by Gasteiger charge is 2.48. The summed E-state index contributed by atoms with van der Waals surface area (Å²) >= 11 is 0. The van der Waals surface area contributed by atoms with Gasteiger partial charge in [0.05, 0.1) is 30.4 Å². The van der Waals surface area contributed by atoms with Gasteiger partial charge in [0, 0.05) is 37.4 Å². The Kier molecular flexibility index (Phi) is 8.03. The van der Waals surface area contributed by atoms with E-state index in [2.05, 4.69) is 5.10 Å². The van der Waals surface area contributed by atoms with Crippen molar-refractivity contribution in [2.45, 2.75) is 51.9 Å². The molecule has 4 rings (SSSR count). The van der Waals surface area contributed by atoms with Crippen LogP contribution >= 0.6 is 0 Å². The molecule has 38 heavy (non-hydrogen) atoms. The average molecular weight is 538 g/mol. The van der Waals surface area contributed by atoms with Crippen molar-refractivity contribution < 1.29 is 36.9 Å². The van der Waals surface area contributed by atoms with E-state index in [9.17, 15) is 27.5 Å². The Morgan fingerprint density at radius 2 is 1.82 bits per heavy atom. The van der Waals surface area contributed by atoms with Gasteiger partial charge >= 0.3 is 12.1 Å². The molecule has 7 nitrogen and oxygen atoms in total. The van der Waals surface area contributed by atoms with Crippen LogP contribution in [0.5, 0.6) is 11.5 Å². The molecule has 0 bridgehead atoms. The summed E-state index contributed by atoms with van der Waals surface area (Å²) in [5, 5.41) is 14.1. The van der Waals surface area contributed by atoms with Crippen LogP contribution in [0.1, 0.15) is 33.6 Å². The number of hydrogen-bond donors (Lipinski definition) is 1. The summed E-state index contributed by atoms with van der Waals surface area (Å²) < 4.78 is 66.5. The lowest BCUT2D eigenvalue weighted by molar-refractivity contribution is -0.137. The Morgan fingerprint density at radius 1 is 1.13 bits per heavy atom. The largest absolute Gasteiger partial charge is 0.494 e. The van der Waals surface area contributed by atoms with Gasteiger partial charge in [0.15, 0.2) is 0 Å². The highest BCUT2D eigenvalue weighted by molar-refractivity contribution is 5.95. The number of aliphatic carboxylic acids is 1. The zero-order valence-electron chi connectivity index (χ0n) is 21.4. The van der Waals surface area contributed by atoms with Crippen molar-refractivity contribution in [3.63, 3.8) is 0 Å². The van der Waals surface area contributed by atoms with Crippen molar-refractivity contribution in [2.75, 3.05) is 29.6 Å². The number of halogens is 4. The smallest absolute Gasteiger partial charge is 0.431 e. The standard InChI is InChI=1S/C27H31F4N3O4/c1-4-37-20-9-10-21(28)23(13-20)33-12-11-24(16(2)15-33)38-19-7-5-18(6-8-19)34-22(14-25(35)36)17(3)26(32-34)27(29,30)31/h5-10,13,16-17,22,24H,4,11-12,14-15H2,1-3H3,(H,35,36)/t16-,17-,22-,24+/m0/s1. The Hall–Kier alpha value is -3.50. The summed E-state index contributed by atoms with van der Waals surface area (Å²) in [6.07, 6.45) is -4.62. The molecule has 0 spiro atoms. The summed E-state index contributed by atoms with van der Waals surface area (Å²) in [7, 11) is 0. The van der Waals surface area contributed by atoms with E-state index >= 15 is 0 Å². The molecule has 0 amide bonds. The van der Waals surface area contributed by atoms with Gasteiger partial charge in [0.2, 0.25) is 0 Å². The molecule has 11 heteroatoms. The average Bonchev–Trinajstić information content (AvgIpc) is 3.18. The maximum atomic E-state index is 14.5. The van der Waals surface area contributed by atoms with E-state index in [1.165, 1.54) is 13.0 Å². The van der Waals surface area contributed by atoms with Gasteiger partial charge in [-0.3, -0.25) is 9.80 Å². The monoisotopic (exact) mass is 537 g/mol. The number of anilines is 2. The summed E-state index contributed by atoms with van der Waals surface area (Å²) in [4.78, 5) is 13.3. The van der Waals surface area contributed by atoms with Crippen LogP contribution < -0.4 is 19.4 Å². The normalized spacial score (nSPS) is 23.8. The SMILES string of the molecule is CCOc1ccc(F)c(N2CC[C@@H](Oc3ccc(N4N=C(C(F)(F)F)[C@@H](C)[C@@H]4CC(=O)O)cc3)[C@@H](C)C2)c1. The second-order valence-corrected chi connectivity index (χ2v) is 9.69. The van der Waals surface area contributed by atoms with Crippen molar-refractivity contribution in [1.29, 1.82) is 0 Å². The molecule has 0 saturated carbocycles. The maximum absolute atomic E-state index is 14.5. The molecule has 1 saturated heterocycles. The Labute approximate surface area is 218 Å². The predicted molar refractivity (Wildman–Crippen MR) is 136 cm³/mol. The van der Waals surface area contributed by atoms with E-state index in [0.29, 0.717) is 49.0 Å². The van der Waals surface area contributed by atoms with Crippen LogP contribution in [0.4, 0.5) is 28.9 Å². The molecule has 2 aromatic rings. The van der Waals surface area contributed by atoms with Gasteiger partial charge in [-0.15, -0.1) is 0 Å². The van der Waals surface area contributed by atoms with E-state index in [1.54, 1.807) is 36.4 Å². The quantitative estimate of drug-likeness (QED) is 0.433.